The molecule has 0 saturated heterocycles. The Balaban J connectivity index is 2.77. The number of likely N-dealkylation sites (N-methyl/N-ethyl adjacent to an activating group) is 1. The molecule has 24 heavy (non-hydrogen) atoms. The fourth-order valence-corrected chi connectivity index (χ4v) is 2.62. The number of para-hydroxylation sites is 1. The summed E-state index contributed by atoms with van der Waals surface area (Å²) >= 11 is 0. The number of halogens is 3. The SMILES string of the molecule is CN(Cc1ccccc1OC(F)(F)F)C(=O)C(N)CCS(C)(=O)=O. The highest BCUT2D eigenvalue weighted by molar-refractivity contribution is 7.90. The van der Waals surface area contributed by atoms with Crippen LogP contribution in [0.25, 0.3) is 0 Å². The number of hydrogen-bond donors (Lipinski definition) is 1. The molecule has 10 heteroatoms. The zero-order valence-electron chi connectivity index (χ0n) is 13.2. The molecule has 1 amide bonds. The van der Waals surface area contributed by atoms with Crippen molar-refractivity contribution in [1.82, 2.24) is 4.90 Å². The third-order valence-corrected chi connectivity index (χ3v) is 4.08. The first-order valence-electron chi connectivity index (χ1n) is 6.91. The number of hydrogen-bond acceptors (Lipinski definition) is 5. The van der Waals surface area contributed by atoms with E-state index >= 15 is 0 Å². The highest BCUT2D eigenvalue weighted by atomic mass is 32.2. The van der Waals surface area contributed by atoms with Crippen LogP contribution in [0.1, 0.15) is 12.0 Å². The van der Waals surface area contributed by atoms with Crippen LogP contribution >= 0.6 is 0 Å². The van der Waals surface area contributed by atoms with E-state index in [0.717, 1.165) is 17.2 Å². The van der Waals surface area contributed by atoms with Gasteiger partial charge >= 0.3 is 6.36 Å². The number of benzene rings is 1. The van der Waals surface area contributed by atoms with Gasteiger partial charge in [0.2, 0.25) is 5.91 Å². The van der Waals surface area contributed by atoms with E-state index in [-0.39, 0.29) is 24.3 Å². The molecule has 1 atom stereocenters. The first-order valence-corrected chi connectivity index (χ1v) is 8.97. The van der Waals surface area contributed by atoms with Gasteiger partial charge in [0, 0.05) is 25.4 Å². The van der Waals surface area contributed by atoms with E-state index in [1.54, 1.807) is 0 Å². The molecule has 0 aliphatic carbocycles. The molecule has 0 aromatic heterocycles. The van der Waals surface area contributed by atoms with E-state index < -0.39 is 33.9 Å². The summed E-state index contributed by atoms with van der Waals surface area (Å²) in [4.78, 5) is 13.2. The number of ether oxygens (including phenoxy) is 1. The van der Waals surface area contributed by atoms with Crippen LogP contribution in [0, 0.1) is 0 Å². The molecule has 1 rings (SSSR count). The Kier molecular flexibility index (Phi) is 6.61. The van der Waals surface area contributed by atoms with E-state index in [1.165, 1.54) is 25.2 Å². The smallest absolute Gasteiger partial charge is 0.405 e. The molecule has 1 aromatic carbocycles. The number of nitrogens with zero attached hydrogens (tertiary/aromatic N) is 1. The Labute approximate surface area is 138 Å². The van der Waals surface area contributed by atoms with Crippen molar-refractivity contribution in [2.75, 3.05) is 19.1 Å². The predicted octanol–water partition coefficient (Wildman–Crippen LogP) is 1.31. The lowest BCUT2D eigenvalue weighted by atomic mass is 10.1. The van der Waals surface area contributed by atoms with E-state index in [1.807, 2.05) is 0 Å². The highest BCUT2D eigenvalue weighted by Crippen LogP contribution is 2.27. The van der Waals surface area contributed by atoms with Crippen molar-refractivity contribution in [3.63, 3.8) is 0 Å². The number of rotatable bonds is 7. The number of nitrogens with two attached hydrogens (primary N) is 1. The largest absolute Gasteiger partial charge is 0.573 e. The normalized spacial score (nSPS) is 13.4. The van der Waals surface area contributed by atoms with Crippen molar-refractivity contribution < 1.29 is 31.1 Å². The van der Waals surface area contributed by atoms with Gasteiger partial charge < -0.3 is 15.4 Å². The quantitative estimate of drug-likeness (QED) is 0.784. The van der Waals surface area contributed by atoms with Crippen LogP contribution in [-0.2, 0) is 21.2 Å². The van der Waals surface area contributed by atoms with Gasteiger partial charge in [0.15, 0.2) is 0 Å². The lowest BCUT2D eigenvalue weighted by Gasteiger charge is -2.22. The van der Waals surface area contributed by atoms with E-state index in [9.17, 15) is 26.4 Å². The van der Waals surface area contributed by atoms with Crippen LogP contribution in [0.4, 0.5) is 13.2 Å². The van der Waals surface area contributed by atoms with Crippen LogP contribution in [0.2, 0.25) is 0 Å². The molecular formula is C14H19F3N2O4S. The summed E-state index contributed by atoms with van der Waals surface area (Å²) in [5, 5.41) is 0. The average molecular weight is 368 g/mol. The lowest BCUT2D eigenvalue weighted by molar-refractivity contribution is -0.275. The number of carbonyl (C=O) groups is 1. The summed E-state index contributed by atoms with van der Waals surface area (Å²) in [7, 11) is -1.89. The molecule has 1 aromatic rings. The first kappa shape index (κ1) is 20.2. The first-order chi connectivity index (χ1) is 10.9. The Bertz CT molecular complexity index is 677. The lowest BCUT2D eigenvalue weighted by Crippen LogP contribution is -2.42. The summed E-state index contributed by atoms with van der Waals surface area (Å²) in [5.74, 6) is -1.23. The second-order valence-electron chi connectivity index (χ2n) is 5.37. The molecular weight excluding hydrogens is 349 g/mol. The van der Waals surface area contributed by atoms with Gasteiger partial charge in [0.1, 0.15) is 15.6 Å². The zero-order valence-corrected chi connectivity index (χ0v) is 14.0. The Morgan fingerprint density at radius 3 is 2.46 bits per heavy atom. The van der Waals surface area contributed by atoms with Crippen molar-refractivity contribution in [3.8, 4) is 5.75 Å². The predicted molar refractivity (Wildman–Crippen MR) is 81.9 cm³/mol. The summed E-state index contributed by atoms with van der Waals surface area (Å²) in [6.45, 7) is -0.155. The number of amides is 1. The van der Waals surface area contributed by atoms with Gasteiger partial charge in [0.25, 0.3) is 0 Å². The van der Waals surface area contributed by atoms with Crippen LogP contribution < -0.4 is 10.5 Å². The molecule has 0 aliphatic rings. The molecule has 136 valence electrons. The number of carbonyl (C=O) groups excluding carboxylic acids is 1. The Hall–Kier alpha value is -1.81. The maximum Gasteiger partial charge on any atom is 0.573 e. The standard InChI is InChI=1S/C14H19F3N2O4S/c1-19(13(20)11(18)7-8-24(2,21)22)9-10-5-3-4-6-12(10)23-14(15,16)17/h3-6,11H,7-9,18H2,1-2H3. The van der Waals surface area contributed by atoms with Gasteiger partial charge in [-0.25, -0.2) is 8.42 Å². The highest BCUT2D eigenvalue weighted by Gasteiger charge is 2.32. The van der Waals surface area contributed by atoms with Gasteiger partial charge in [-0.15, -0.1) is 13.2 Å². The van der Waals surface area contributed by atoms with Crippen LogP contribution in [0.15, 0.2) is 24.3 Å². The summed E-state index contributed by atoms with van der Waals surface area (Å²) in [6.07, 6.45) is -3.88. The van der Waals surface area contributed by atoms with Gasteiger partial charge in [-0.3, -0.25) is 4.79 Å². The molecule has 0 bridgehead atoms. The second-order valence-corrected chi connectivity index (χ2v) is 7.63. The minimum absolute atomic E-state index is 0.0668. The zero-order chi connectivity index (χ0) is 18.5. The average Bonchev–Trinajstić information content (AvgIpc) is 2.43. The van der Waals surface area contributed by atoms with Crippen LogP contribution in [-0.4, -0.2) is 50.7 Å². The molecule has 0 fully saturated rings. The molecule has 6 nitrogen and oxygen atoms in total. The van der Waals surface area contributed by atoms with Crippen molar-refractivity contribution in [2.24, 2.45) is 5.73 Å². The fourth-order valence-electron chi connectivity index (χ4n) is 1.94. The summed E-state index contributed by atoms with van der Waals surface area (Å²) in [5.41, 5.74) is 5.81. The van der Waals surface area contributed by atoms with Crippen molar-refractivity contribution in [1.29, 1.82) is 0 Å². The van der Waals surface area contributed by atoms with Gasteiger partial charge in [-0.2, -0.15) is 0 Å². The molecule has 0 aliphatic heterocycles. The molecule has 2 N–H and O–H groups in total. The topological polar surface area (TPSA) is 89.7 Å². The van der Waals surface area contributed by atoms with Crippen LogP contribution in [0.3, 0.4) is 0 Å². The van der Waals surface area contributed by atoms with Crippen molar-refractivity contribution >= 4 is 15.7 Å². The van der Waals surface area contributed by atoms with E-state index in [4.69, 9.17) is 5.73 Å². The minimum Gasteiger partial charge on any atom is -0.405 e. The molecule has 0 radical (unpaired) electrons. The fraction of sp³-hybridized carbons (Fsp3) is 0.500. The van der Waals surface area contributed by atoms with Crippen molar-refractivity contribution in [3.05, 3.63) is 29.8 Å². The Morgan fingerprint density at radius 1 is 1.33 bits per heavy atom. The third kappa shape index (κ3) is 7.18. The number of alkyl halides is 3. The minimum atomic E-state index is -4.84. The van der Waals surface area contributed by atoms with E-state index in [0.29, 0.717) is 0 Å². The number of sulfone groups is 1. The maximum atomic E-state index is 12.4. The molecule has 0 heterocycles. The third-order valence-electron chi connectivity index (χ3n) is 3.10. The molecule has 0 spiro atoms. The van der Waals surface area contributed by atoms with Gasteiger partial charge in [-0.05, 0) is 12.5 Å². The maximum absolute atomic E-state index is 12.4. The van der Waals surface area contributed by atoms with Crippen molar-refractivity contribution in [2.45, 2.75) is 25.4 Å². The molecule has 0 saturated carbocycles. The van der Waals surface area contributed by atoms with E-state index in [2.05, 4.69) is 4.74 Å². The summed E-state index contributed by atoms with van der Waals surface area (Å²) < 4.78 is 63.2. The van der Waals surface area contributed by atoms with Gasteiger partial charge in [0.05, 0.1) is 11.8 Å². The van der Waals surface area contributed by atoms with Crippen LogP contribution in [0.5, 0.6) is 5.75 Å². The second kappa shape index (κ2) is 7.84. The monoisotopic (exact) mass is 368 g/mol. The van der Waals surface area contributed by atoms with Gasteiger partial charge in [-0.1, -0.05) is 18.2 Å². The molecule has 1 unspecified atom stereocenters. The summed E-state index contributed by atoms with van der Waals surface area (Å²) in [6, 6.07) is 4.38. The Morgan fingerprint density at radius 2 is 1.92 bits per heavy atom.